The van der Waals surface area contributed by atoms with E-state index in [1.165, 1.54) is 18.2 Å². The van der Waals surface area contributed by atoms with Crippen LogP contribution in [0.2, 0.25) is 0 Å². The lowest BCUT2D eigenvalue weighted by Crippen LogP contribution is -2.29. The van der Waals surface area contributed by atoms with Crippen molar-refractivity contribution >= 4 is 26.0 Å². The molecule has 0 fully saturated rings. The van der Waals surface area contributed by atoms with Crippen molar-refractivity contribution in [1.82, 2.24) is 4.72 Å². The number of rotatable bonds is 5. The molecule has 0 saturated heterocycles. The summed E-state index contributed by atoms with van der Waals surface area (Å²) in [4.78, 5) is -0.732. The van der Waals surface area contributed by atoms with E-state index in [0.717, 1.165) is 12.1 Å². The fourth-order valence-corrected chi connectivity index (χ4v) is 3.52. The minimum atomic E-state index is -5.07. The molecule has 2 aromatic rings. The molecule has 0 spiro atoms. The first kappa shape index (κ1) is 19.2. The molecule has 0 bridgehead atoms. The van der Waals surface area contributed by atoms with Crippen LogP contribution in [0, 0.1) is 11.3 Å². The Kier molecular flexibility index (Phi) is 5.72. The number of nitrogens with one attached hydrogen (secondary N) is 1. The number of alkyl halides is 3. The lowest BCUT2D eigenvalue weighted by atomic mass is 10.1. The number of nitrogens with zero attached hydrogens (tertiary/aromatic N) is 1. The van der Waals surface area contributed by atoms with Gasteiger partial charge in [0.25, 0.3) is 0 Å². The minimum Gasteiger partial charge on any atom is -0.404 e. The van der Waals surface area contributed by atoms with Crippen LogP contribution in [-0.4, -0.2) is 14.8 Å². The average Bonchev–Trinajstić information content (AvgIpc) is 2.51. The first-order chi connectivity index (χ1) is 11.6. The molecule has 1 unspecified atom stereocenters. The van der Waals surface area contributed by atoms with Gasteiger partial charge in [0.2, 0.25) is 10.0 Å². The maximum Gasteiger partial charge on any atom is 0.573 e. The third-order valence-electron chi connectivity index (χ3n) is 2.96. The average molecular weight is 435 g/mol. The zero-order valence-corrected chi connectivity index (χ0v) is 14.7. The Labute approximate surface area is 150 Å². The monoisotopic (exact) mass is 434 g/mol. The van der Waals surface area contributed by atoms with E-state index < -0.39 is 33.1 Å². The third kappa shape index (κ3) is 5.19. The second-order valence-corrected chi connectivity index (χ2v) is 7.33. The Morgan fingerprint density at radius 2 is 1.80 bits per heavy atom. The molecular weight excluding hydrogens is 425 g/mol. The summed E-state index contributed by atoms with van der Waals surface area (Å²) in [6.45, 7) is 0. The van der Waals surface area contributed by atoms with Gasteiger partial charge in [-0.3, -0.25) is 0 Å². The molecule has 2 rings (SSSR count). The molecular formula is C15H10BrF3N2O3S. The summed E-state index contributed by atoms with van der Waals surface area (Å²) in [6, 6.07) is 11.5. The molecule has 0 aliphatic rings. The summed E-state index contributed by atoms with van der Waals surface area (Å²) in [5, 5.41) is 9.19. The topological polar surface area (TPSA) is 79.2 Å². The first-order valence-electron chi connectivity index (χ1n) is 6.64. The summed E-state index contributed by atoms with van der Waals surface area (Å²) in [5.41, 5.74) is 0.351. The maximum absolute atomic E-state index is 12.5. The smallest absolute Gasteiger partial charge is 0.404 e. The van der Waals surface area contributed by atoms with E-state index in [9.17, 15) is 26.9 Å². The lowest BCUT2D eigenvalue weighted by molar-refractivity contribution is -0.275. The Morgan fingerprint density at radius 1 is 1.16 bits per heavy atom. The van der Waals surface area contributed by atoms with Crippen molar-refractivity contribution in [3.05, 3.63) is 58.6 Å². The van der Waals surface area contributed by atoms with Crippen molar-refractivity contribution in [2.24, 2.45) is 0 Å². The fourth-order valence-electron chi connectivity index (χ4n) is 1.94. The number of hydrogen-bond acceptors (Lipinski definition) is 4. The highest BCUT2D eigenvalue weighted by Crippen LogP contribution is 2.32. The molecule has 1 atom stereocenters. The molecule has 0 aliphatic heterocycles. The largest absolute Gasteiger partial charge is 0.573 e. The van der Waals surface area contributed by atoms with Crippen molar-refractivity contribution in [2.45, 2.75) is 17.3 Å². The molecule has 0 aliphatic carbocycles. The Bertz CT molecular complexity index is 896. The quantitative estimate of drug-likeness (QED) is 0.773. The van der Waals surface area contributed by atoms with Crippen molar-refractivity contribution in [1.29, 1.82) is 5.26 Å². The van der Waals surface area contributed by atoms with Gasteiger partial charge >= 0.3 is 6.36 Å². The highest BCUT2D eigenvalue weighted by Gasteiger charge is 2.34. The van der Waals surface area contributed by atoms with Crippen LogP contribution >= 0.6 is 15.9 Å². The van der Waals surface area contributed by atoms with Crippen LogP contribution < -0.4 is 9.46 Å². The van der Waals surface area contributed by atoms with Gasteiger partial charge in [-0.25, -0.2) is 8.42 Å². The van der Waals surface area contributed by atoms with Gasteiger partial charge in [0, 0.05) is 4.47 Å². The van der Waals surface area contributed by atoms with Gasteiger partial charge in [-0.15, -0.1) is 13.2 Å². The second kappa shape index (κ2) is 7.43. The molecule has 132 valence electrons. The van der Waals surface area contributed by atoms with Crippen molar-refractivity contribution in [3.8, 4) is 11.8 Å². The van der Waals surface area contributed by atoms with Crippen molar-refractivity contribution in [2.75, 3.05) is 0 Å². The molecule has 0 saturated carbocycles. The van der Waals surface area contributed by atoms with Crippen LogP contribution in [0.5, 0.6) is 5.75 Å². The molecule has 2 aromatic carbocycles. The van der Waals surface area contributed by atoms with Gasteiger partial charge in [-0.1, -0.05) is 46.3 Å². The van der Waals surface area contributed by atoms with Gasteiger partial charge in [0.1, 0.15) is 10.9 Å². The van der Waals surface area contributed by atoms with E-state index in [0.29, 0.717) is 5.56 Å². The standard InChI is InChI=1S/C15H10BrF3N2O3S/c16-11-6-7-14(13(8-11)24-15(17,18)19)25(22,23)21-12(9-20)10-4-2-1-3-5-10/h1-8,12,21H. The minimum absolute atomic E-state index is 0.200. The van der Waals surface area contributed by atoms with E-state index >= 15 is 0 Å². The van der Waals surface area contributed by atoms with E-state index in [2.05, 4.69) is 25.4 Å². The van der Waals surface area contributed by atoms with Crippen LogP contribution in [0.1, 0.15) is 11.6 Å². The van der Waals surface area contributed by atoms with Crippen LogP contribution in [0.3, 0.4) is 0 Å². The lowest BCUT2D eigenvalue weighted by Gasteiger charge is -2.16. The highest BCUT2D eigenvalue weighted by atomic mass is 79.9. The maximum atomic E-state index is 12.5. The number of halogens is 4. The fraction of sp³-hybridized carbons (Fsp3) is 0.133. The third-order valence-corrected chi connectivity index (χ3v) is 4.91. The molecule has 0 radical (unpaired) electrons. The predicted molar refractivity (Wildman–Crippen MR) is 85.9 cm³/mol. The van der Waals surface area contributed by atoms with Gasteiger partial charge in [-0.2, -0.15) is 9.98 Å². The predicted octanol–water partition coefficient (Wildman–Crippen LogP) is 3.89. The molecule has 10 heteroatoms. The second-order valence-electron chi connectivity index (χ2n) is 4.73. The number of hydrogen-bond donors (Lipinski definition) is 1. The summed E-state index contributed by atoms with van der Waals surface area (Å²) >= 11 is 2.96. The van der Waals surface area contributed by atoms with E-state index in [1.807, 2.05) is 0 Å². The summed E-state index contributed by atoms with van der Waals surface area (Å²) in [5.74, 6) is -0.904. The van der Waals surface area contributed by atoms with Crippen LogP contribution in [0.25, 0.3) is 0 Å². The molecule has 5 nitrogen and oxygen atoms in total. The summed E-state index contributed by atoms with van der Waals surface area (Å²) in [6.07, 6.45) is -5.07. The van der Waals surface area contributed by atoms with E-state index in [-0.39, 0.29) is 4.47 Å². The Balaban J connectivity index is 2.41. The molecule has 0 heterocycles. The Morgan fingerprint density at radius 3 is 2.36 bits per heavy atom. The normalized spacial score (nSPS) is 13.1. The SMILES string of the molecule is N#CC(NS(=O)(=O)c1ccc(Br)cc1OC(F)(F)F)c1ccccc1. The van der Waals surface area contributed by atoms with Gasteiger partial charge in [0.15, 0.2) is 5.75 Å². The summed E-state index contributed by atoms with van der Waals surface area (Å²) < 4.78 is 68.6. The summed E-state index contributed by atoms with van der Waals surface area (Å²) in [7, 11) is -4.46. The van der Waals surface area contributed by atoms with Crippen molar-refractivity contribution < 1.29 is 26.3 Å². The van der Waals surface area contributed by atoms with Gasteiger partial charge in [-0.05, 0) is 23.8 Å². The van der Waals surface area contributed by atoms with E-state index in [1.54, 1.807) is 24.3 Å². The number of sulfonamides is 1. The zero-order chi connectivity index (χ0) is 18.7. The number of benzene rings is 2. The van der Waals surface area contributed by atoms with Gasteiger partial charge in [0.05, 0.1) is 6.07 Å². The van der Waals surface area contributed by atoms with Crippen molar-refractivity contribution in [3.63, 3.8) is 0 Å². The van der Waals surface area contributed by atoms with Gasteiger partial charge < -0.3 is 4.74 Å². The van der Waals surface area contributed by atoms with Crippen LogP contribution in [-0.2, 0) is 10.0 Å². The zero-order valence-electron chi connectivity index (χ0n) is 12.3. The van der Waals surface area contributed by atoms with Crippen LogP contribution in [0.4, 0.5) is 13.2 Å². The molecule has 0 amide bonds. The molecule has 1 N–H and O–H groups in total. The van der Waals surface area contributed by atoms with Crippen LogP contribution in [0.15, 0.2) is 57.9 Å². The molecule has 0 aromatic heterocycles. The van der Waals surface area contributed by atoms with E-state index in [4.69, 9.17) is 0 Å². The first-order valence-corrected chi connectivity index (χ1v) is 8.92. The highest BCUT2D eigenvalue weighted by molar-refractivity contribution is 9.10. The number of ether oxygens (including phenoxy) is 1. The number of nitriles is 1. The molecule has 25 heavy (non-hydrogen) atoms. The Hall–Kier alpha value is -2.09.